The summed E-state index contributed by atoms with van der Waals surface area (Å²) in [6.07, 6.45) is 4.58. The molecule has 0 spiro atoms. The van der Waals surface area contributed by atoms with Crippen LogP contribution in [0.15, 0.2) is 36.9 Å². The molecule has 1 fully saturated rings. The summed E-state index contributed by atoms with van der Waals surface area (Å²) in [6.45, 7) is 1.13. The van der Waals surface area contributed by atoms with E-state index in [2.05, 4.69) is 15.4 Å². The third kappa shape index (κ3) is 2.70. The van der Waals surface area contributed by atoms with Gasteiger partial charge in [0, 0.05) is 13.2 Å². The quantitative estimate of drug-likeness (QED) is 0.903. The summed E-state index contributed by atoms with van der Waals surface area (Å²) in [5.41, 5.74) is 1.90. The monoisotopic (exact) mass is 272 g/mol. The average Bonchev–Trinajstić information content (AvgIpc) is 3.17. The van der Waals surface area contributed by atoms with Gasteiger partial charge in [-0.25, -0.2) is 9.67 Å². The molecule has 1 aromatic carbocycles. The number of para-hydroxylation sites is 1. The fraction of sp³-hybridized carbons (Fsp3) is 0.357. The molecule has 1 N–H and O–H groups in total. The summed E-state index contributed by atoms with van der Waals surface area (Å²) in [5.74, 6) is -0.0455. The van der Waals surface area contributed by atoms with Crippen molar-refractivity contribution in [2.24, 2.45) is 0 Å². The van der Waals surface area contributed by atoms with Crippen molar-refractivity contribution < 1.29 is 9.53 Å². The summed E-state index contributed by atoms with van der Waals surface area (Å²) < 4.78 is 7.05. The molecule has 1 aromatic heterocycles. The molecule has 6 nitrogen and oxygen atoms in total. The van der Waals surface area contributed by atoms with Crippen LogP contribution in [-0.4, -0.2) is 33.4 Å². The summed E-state index contributed by atoms with van der Waals surface area (Å²) in [6, 6.07) is 7.78. The molecule has 0 saturated carbocycles. The van der Waals surface area contributed by atoms with Crippen LogP contribution in [-0.2, 0) is 16.1 Å². The highest BCUT2D eigenvalue weighted by Crippen LogP contribution is 2.14. The van der Waals surface area contributed by atoms with Gasteiger partial charge in [0.25, 0.3) is 0 Å². The third-order valence-electron chi connectivity index (χ3n) is 3.33. The second kappa shape index (κ2) is 5.83. The fourth-order valence-electron chi connectivity index (χ4n) is 2.30. The van der Waals surface area contributed by atoms with Crippen molar-refractivity contribution in [1.82, 2.24) is 20.1 Å². The maximum atomic E-state index is 11.9. The van der Waals surface area contributed by atoms with Crippen LogP contribution in [0.1, 0.15) is 18.4 Å². The molecule has 2 heterocycles. The molecule has 0 radical (unpaired) electrons. The van der Waals surface area contributed by atoms with Gasteiger partial charge in [-0.2, -0.15) is 5.10 Å². The molecule has 0 unspecified atom stereocenters. The number of nitrogens with one attached hydrogen (secondary N) is 1. The summed E-state index contributed by atoms with van der Waals surface area (Å²) in [5, 5.41) is 7.04. The van der Waals surface area contributed by atoms with E-state index in [4.69, 9.17) is 4.74 Å². The van der Waals surface area contributed by atoms with E-state index in [9.17, 15) is 4.79 Å². The van der Waals surface area contributed by atoms with Crippen LogP contribution < -0.4 is 5.32 Å². The number of amides is 1. The maximum absolute atomic E-state index is 11.9. The molecular weight excluding hydrogens is 256 g/mol. The molecule has 20 heavy (non-hydrogen) atoms. The normalized spacial score (nSPS) is 18.1. The number of hydrogen-bond acceptors (Lipinski definition) is 4. The summed E-state index contributed by atoms with van der Waals surface area (Å²) in [4.78, 5) is 15.9. The van der Waals surface area contributed by atoms with Crippen LogP contribution in [0.2, 0.25) is 0 Å². The zero-order chi connectivity index (χ0) is 13.8. The van der Waals surface area contributed by atoms with E-state index >= 15 is 0 Å². The van der Waals surface area contributed by atoms with E-state index in [0.717, 1.165) is 24.1 Å². The van der Waals surface area contributed by atoms with Crippen LogP contribution in [0.4, 0.5) is 0 Å². The van der Waals surface area contributed by atoms with Crippen molar-refractivity contribution in [2.75, 3.05) is 6.61 Å². The minimum atomic E-state index is -0.298. The van der Waals surface area contributed by atoms with Gasteiger partial charge in [0.2, 0.25) is 5.91 Å². The van der Waals surface area contributed by atoms with Crippen molar-refractivity contribution in [1.29, 1.82) is 0 Å². The molecule has 1 aliphatic rings. The second-order valence-electron chi connectivity index (χ2n) is 4.69. The lowest BCUT2D eigenvalue weighted by molar-refractivity contribution is -0.130. The highest BCUT2D eigenvalue weighted by molar-refractivity contribution is 5.81. The van der Waals surface area contributed by atoms with Gasteiger partial charge in [0.05, 0.1) is 5.69 Å². The van der Waals surface area contributed by atoms with E-state index in [1.54, 1.807) is 11.0 Å². The third-order valence-corrected chi connectivity index (χ3v) is 3.33. The molecule has 104 valence electrons. The number of aromatic nitrogens is 3. The van der Waals surface area contributed by atoms with Gasteiger partial charge in [-0.1, -0.05) is 18.2 Å². The highest BCUT2D eigenvalue weighted by atomic mass is 16.5. The van der Waals surface area contributed by atoms with Crippen molar-refractivity contribution in [3.05, 3.63) is 42.5 Å². The number of ether oxygens (including phenoxy) is 1. The SMILES string of the molecule is O=C(NCc1ccccc1-n1cncn1)[C@@H]1CCCO1. The Morgan fingerprint density at radius 1 is 1.45 bits per heavy atom. The van der Waals surface area contributed by atoms with Gasteiger partial charge in [-0.3, -0.25) is 4.79 Å². The maximum Gasteiger partial charge on any atom is 0.249 e. The molecule has 6 heteroatoms. The topological polar surface area (TPSA) is 69.0 Å². The molecule has 1 aliphatic heterocycles. The first-order valence-electron chi connectivity index (χ1n) is 6.67. The molecule has 2 aromatic rings. The predicted molar refractivity (Wildman–Crippen MR) is 72.2 cm³/mol. The molecular formula is C14H16N4O2. The molecule has 1 atom stereocenters. The zero-order valence-corrected chi connectivity index (χ0v) is 11.0. The highest BCUT2D eigenvalue weighted by Gasteiger charge is 2.23. The van der Waals surface area contributed by atoms with E-state index in [-0.39, 0.29) is 12.0 Å². The van der Waals surface area contributed by atoms with E-state index in [1.165, 1.54) is 6.33 Å². The Bertz CT molecular complexity index is 577. The van der Waals surface area contributed by atoms with Gasteiger partial charge in [-0.15, -0.1) is 0 Å². The molecule has 1 amide bonds. The van der Waals surface area contributed by atoms with E-state index < -0.39 is 0 Å². The van der Waals surface area contributed by atoms with Gasteiger partial charge in [0.15, 0.2) is 0 Å². The number of nitrogens with zero attached hydrogens (tertiary/aromatic N) is 3. The number of carbonyl (C=O) groups is 1. The first kappa shape index (κ1) is 12.8. The average molecular weight is 272 g/mol. The minimum absolute atomic E-state index is 0.0455. The van der Waals surface area contributed by atoms with Crippen LogP contribution in [0.25, 0.3) is 5.69 Å². The van der Waals surface area contributed by atoms with Crippen LogP contribution >= 0.6 is 0 Å². The van der Waals surface area contributed by atoms with Crippen molar-refractivity contribution in [2.45, 2.75) is 25.5 Å². The number of benzene rings is 1. The Hall–Kier alpha value is -2.21. The van der Waals surface area contributed by atoms with Crippen LogP contribution in [0.5, 0.6) is 0 Å². The smallest absolute Gasteiger partial charge is 0.249 e. The van der Waals surface area contributed by atoms with Crippen molar-refractivity contribution in [3.8, 4) is 5.69 Å². The lowest BCUT2D eigenvalue weighted by Gasteiger charge is -2.12. The van der Waals surface area contributed by atoms with Crippen molar-refractivity contribution >= 4 is 5.91 Å². The van der Waals surface area contributed by atoms with Crippen LogP contribution in [0.3, 0.4) is 0 Å². The van der Waals surface area contributed by atoms with E-state index in [0.29, 0.717) is 13.2 Å². The standard InChI is InChI=1S/C14H16N4O2/c19-14(13-6-3-7-20-13)16-8-11-4-1-2-5-12(11)18-10-15-9-17-18/h1-2,4-5,9-10,13H,3,6-8H2,(H,16,19)/t13-/m0/s1. The molecule has 1 saturated heterocycles. The Labute approximate surface area is 116 Å². The number of hydrogen-bond donors (Lipinski definition) is 1. The van der Waals surface area contributed by atoms with Crippen LogP contribution in [0, 0.1) is 0 Å². The largest absolute Gasteiger partial charge is 0.368 e. The minimum Gasteiger partial charge on any atom is -0.368 e. The lowest BCUT2D eigenvalue weighted by Crippen LogP contribution is -2.33. The Morgan fingerprint density at radius 2 is 2.35 bits per heavy atom. The molecule has 0 bridgehead atoms. The predicted octanol–water partition coefficient (Wildman–Crippen LogP) is 1.06. The first-order chi connectivity index (χ1) is 9.84. The van der Waals surface area contributed by atoms with E-state index in [1.807, 2.05) is 24.3 Å². The summed E-state index contributed by atoms with van der Waals surface area (Å²) >= 11 is 0. The van der Waals surface area contributed by atoms with Crippen molar-refractivity contribution in [3.63, 3.8) is 0 Å². The number of carbonyl (C=O) groups excluding carboxylic acids is 1. The first-order valence-corrected chi connectivity index (χ1v) is 6.67. The van der Waals surface area contributed by atoms with Gasteiger partial charge in [-0.05, 0) is 24.5 Å². The van der Waals surface area contributed by atoms with Gasteiger partial charge in [0.1, 0.15) is 18.8 Å². The summed E-state index contributed by atoms with van der Waals surface area (Å²) in [7, 11) is 0. The van der Waals surface area contributed by atoms with Gasteiger partial charge >= 0.3 is 0 Å². The fourth-order valence-corrected chi connectivity index (χ4v) is 2.30. The lowest BCUT2D eigenvalue weighted by atomic mass is 10.1. The van der Waals surface area contributed by atoms with Gasteiger partial charge < -0.3 is 10.1 Å². The Kier molecular flexibility index (Phi) is 3.73. The molecule has 0 aliphatic carbocycles. The zero-order valence-electron chi connectivity index (χ0n) is 11.0. The molecule has 3 rings (SSSR count). The number of rotatable bonds is 4. The Balaban J connectivity index is 1.70. The Morgan fingerprint density at radius 3 is 3.10 bits per heavy atom. The second-order valence-corrected chi connectivity index (χ2v) is 4.69.